The first-order chi connectivity index (χ1) is 10.4. The SMILES string of the molecule is CC(C)(C)OC(=O)N1CCNCC1c1cnc2ccnn2c1. The second-order valence-electron chi connectivity index (χ2n) is 6.41. The van der Waals surface area contributed by atoms with Crippen molar-refractivity contribution in [1.82, 2.24) is 24.8 Å². The van der Waals surface area contributed by atoms with Gasteiger partial charge in [-0.15, -0.1) is 0 Å². The number of ether oxygens (including phenoxy) is 1. The maximum absolute atomic E-state index is 12.4. The van der Waals surface area contributed by atoms with Gasteiger partial charge in [-0.2, -0.15) is 5.10 Å². The van der Waals surface area contributed by atoms with E-state index in [1.165, 1.54) is 0 Å². The van der Waals surface area contributed by atoms with Crippen LogP contribution in [-0.4, -0.2) is 50.8 Å². The third-order valence-electron chi connectivity index (χ3n) is 3.52. The fourth-order valence-electron chi connectivity index (χ4n) is 2.54. The molecular formula is C15H21N5O2. The first-order valence-electron chi connectivity index (χ1n) is 7.44. The van der Waals surface area contributed by atoms with Crippen LogP contribution in [0.4, 0.5) is 4.79 Å². The van der Waals surface area contributed by atoms with E-state index >= 15 is 0 Å². The maximum Gasteiger partial charge on any atom is 0.410 e. The average molecular weight is 303 g/mol. The largest absolute Gasteiger partial charge is 0.444 e. The van der Waals surface area contributed by atoms with Gasteiger partial charge in [0.2, 0.25) is 0 Å². The van der Waals surface area contributed by atoms with Gasteiger partial charge in [-0.05, 0) is 20.8 Å². The molecule has 1 amide bonds. The summed E-state index contributed by atoms with van der Waals surface area (Å²) in [6.45, 7) is 7.66. The molecule has 3 heterocycles. The van der Waals surface area contributed by atoms with Crippen LogP contribution in [0.3, 0.4) is 0 Å². The summed E-state index contributed by atoms with van der Waals surface area (Å²) >= 11 is 0. The molecule has 0 aromatic carbocycles. The third-order valence-corrected chi connectivity index (χ3v) is 3.52. The molecule has 1 aliphatic rings. The Kier molecular flexibility index (Phi) is 3.74. The number of nitrogens with one attached hydrogen (secondary N) is 1. The zero-order valence-electron chi connectivity index (χ0n) is 13.1. The van der Waals surface area contributed by atoms with Crippen molar-refractivity contribution in [3.05, 3.63) is 30.2 Å². The standard InChI is InChI=1S/C15H21N5O2/c1-15(2,3)22-14(21)19-7-6-16-9-12(19)11-8-17-13-4-5-18-20(13)10-11/h4-5,8,10,12,16H,6-7,9H2,1-3H3. The fraction of sp³-hybridized carbons (Fsp3) is 0.533. The van der Waals surface area contributed by atoms with Gasteiger partial charge in [0.25, 0.3) is 0 Å². The summed E-state index contributed by atoms with van der Waals surface area (Å²) in [5, 5.41) is 7.52. The van der Waals surface area contributed by atoms with Crippen molar-refractivity contribution in [1.29, 1.82) is 0 Å². The molecule has 1 atom stereocenters. The van der Waals surface area contributed by atoms with Crippen LogP contribution in [0.1, 0.15) is 32.4 Å². The van der Waals surface area contributed by atoms with Gasteiger partial charge in [0.05, 0.1) is 12.2 Å². The van der Waals surface area contributed by atoms with E-state index in [2.05, 4.69) is 15.4 Å². The van der Waals surface area contributed by atoms with Crippen molar-refractivity contribution in [3.8, 4) is 0 Å². The van der Waals surface area contributed by atoms with Gasteiger partial charge in [0, 0.05) is 43.7 Å². The summed E-state index contributed by atoms with van der Waals surface area (Å²) in [4.78, 5) is 18.6. The minimum absolute atomic E-state index is 0.107. The third kappa shape index (κ3) is 3.04. The van der Waals surface area contributed by atoms with Gasteiger partial charge in [-0.1, -0.05) is 0 Å². The molecular weight excluding hydrogens is 282 g/mol. The predicted octanol–water partition coefficient (Wildman–Crippen LogP) is 1.61. The lowest BCUT2D eigenvalue weighted by Crippen LogP contribution is -2.50. The number of carbonyl (C=O) groups is 1. The van der Waals surface area contributed by atoms with Crippen LogP contribution in [0.15, 0.2) is 24.7 Å². The highest BCUT2D eigenvalue weighted by Crippen LogP contribution is 2.24. The molecule has 22 heavy (non-hydrogen) atoms. The minimum Gasteiger partial charge on any atom is -0.444 e. The Morgan fingerprint density at radius 3 is 3.05 bits per heavy atom. The van der Waals surface area contributed by atoms with Gasteiger partial charge in [0.1, 0.15) is 5.60 Å². The second-order valence-corrected chi connectivity index (χ2v) is 6.41. The molecule has 3 rings (SSSR count). The van der Waals surface area contributed by atoms with Crippen LogP contribution >= 0.6 is 0 Å². The molecule has 118 valence electrons. The minimum atomic E-state index is -0.503. The molecule has 0 aliphatic carbocycles. The summed E-state index contributed by atoms with van der Waals surface area (Å²) in [6, 6.07) is 1.74. The van der Waals surface area contributed by atoms with Crippen molar-refractivity contribution < 1.29 is 9.53 Å². The summed E-state index contributed by atoms with van der Waals surface area (Å²) in [5.74, 6) is 0. The molecule has 1 N–H and O–H groups in total. The molecule has 0 bridgehead atoms. The molecule has 1 fully saturated rings. The normalized spacial score (nSPS) is 19.4. The Hall–Kier alpha value is -2.15. The molecule has 0 radical (unpaired) electrons. The highest BCUT2D eigenvalue weighted by Gasteiger charge is 2.31. The van der Waals surface area contributed by atoms with E-state index in [0.717, 1.165) is 17.8 Å². The zero-order valence-corrected chi connectivity index (χ0v) is 13.1. The number of hydrogen-bond donors (Lipinski definition) is 1. The number of carbonyl (C=O) groups excluding carboxylic acids is 1. The van der Waals surface area contributed by atoms with E-state index < -0.39 is 5.60 Å². The molecule has 7 nitrogen and oxygen atoms in total. The first kappa shape index (κ1) is 14.8. The smallest absolute Gasteiger partial charge is 0.410 e. The molecule has 2 aromatic heterocycles. The monoisotopic (exact) mass is 303 g/mol. The number of aromatic nitrogens is 3. The van der Waals surface area contributed by atoms with Gasteiger partial charge in [-0.3, -0.25) is 4.90 Å². The summed E-state index contributed by atoms with van der Waals surface area (Å²) in [7, 11) is 0. The van der Waals surface area contributed by atoms with E-state index in [1.54, 1.807) is 21.8 Å². The quantitative estimate of drug-likeness (QED) is 0.866. The number of piperazine rings is 1. The van der Waals surface area contributed by atoms with Crippen molar-refractivity contribution >= 4 is 11.7 Å². The number of amides is 1. The zero-order chi connectivity index (χ0) is 15.7. The van der Waals surface area contributed by atoms with Crippen LogP contribution in [0, 0.1) is 0 Å². The van der Waals surface area contributed by atoms with Crippen molar-refractivity contribution in [2.24, 2.45) is 0 Å². The Labute approximate surface area is 129 Å². The molecule has 1 saturated heterocycles. The summed E-state index contributed by atoms with van der Waals surface area (Å²) in [6.07, 6.45) is 5.12. The highest BCUT2D eigenvalue weighted by molar-refractivity contribution is 5.69. The van der Waals surface area contributed by atoms with Gasteiger partial charge in [-0.25, -0.2) is 14.3 Å². The predicted molar refractivity (Wildman–Crippen MR) is 81.5 cm³/mol. The van der Waals surface area contributed by atoms with E-state index in [-0.39, 0.29) is 12.1 Å². The second kappa shape index (κ2) is 5.57. The van der Waals surface area contributed by atoms with Crippen LogP contribution in [0.25, 0.3) is 5.65 Å². The van der Waals surface area contributed by atoms with Gasteiger partial charge in [0.15, 0.2) is 5.65 Å². The van der Waals surface area contributed by atoms with E-state index in [1.807, 2.05) is 33.0 Å². The first-order valence-corrected chi connectivity index (χ1v) is 7.44. The molecule has 1 aliphatic heterocycles. The Morgan fingerprint density at radius 2 is 2.27 bits per heavy atom. The van der Waals surface area contributed by atoms with Crippen molar-refractivity contribution in [3.63, 3.8) is 0 Å². The Bertz CT molecular complexity index is 676. The lowest BCUT2D eigenvalue weighted by molar-refractivity contribution is 0.0117. The van der Waals surface area contributed by atoms with E-state index in [9.17, 15) is 4.79 Å². The lowest BCUT2D eigenvalue weighted by Gasteiger charge is -2.37. The van der Waals surface area contributed by atoms with Crippen LogP contribution in [-0.2, 0) is 4.74 Å². The Balaban J connectivity index is 1.86. The van der Waals surface area contributed by atoms with Crippen LogP contribution in [0.5, 0.6) is 0 Å². The molecule has 0 saturated carbocycles. The van der Waals surface area contributed by atoms with Crippen molar-refractivity contribution in [2.75, 3.05) is 19.6 Å². The van der Waals surface area contributed by atoms with E-state index in [4.69, 9.17) is 4.74 Å². The summed E-state index contributed by atoms with van der Waals surface area (Å²) in [5.41, 5.74) is 1.22. The number of nitrogens with zero attached hydrogens (tertiary/aromatic N) is 4. The summed E-state index contributed by atoms with van der Waals surface area (Å²) < 4.78 is 7.24. The average Bonchev–Trinajstić information content (AvgIpc) is 2.92. The molecule has 7 heteroatoms. The van der Waals surface area contributed by atoms with Gasteiger partial charge < -0.3 is 10.1 Å². The number of fused-ring (bicyclic) bond motifs is 1. The van der Waals surface area contributed by atoms with Gasteiger partial charge >= 0.3 is 6.09 Å². The van der Waals surface area contributed by atoms with Crippen LogP contribution < -0.4 is 5.32 Å². The number of rotatable bonds is 1. The highest BCUT2D eigenvalue weighted by atomic mass is 16.6. The van der Waals surface area contributed by atoms with E-state index in [0.29, 0.717) is 13.1 Å². The molecule has 1 unspecified atom stereocenters. The fourth-order valence-corrected chi connectivity index (χ4v) is 2.54. The Morgan fingerprint density at radius 1 is 1.45 bits per heavy atom. The molecule has 2 aromatic rings. The number of hydrogen-bond acceptors (Lipinski definition) is 5. The lowest BCUT2D eigenvalue weighted by atomic mass is 10.1. The topological polar surface area (TPSA) is 71.8 Å². The van der Waals surface area contributed by atoms with Crippen LogP contribution in [0.2, 0.25) is 0 Å². The molecule has 0 spiro atoms. The van der Waals surface area contributed by atoms with Crippen molar-refractivity contribution in [2.45, 2.75) is 32.4 Å². The maximum atomic E-state index is 12.4.